The first kappa shape index (κ1) is 22.9. The van der Waals surface area contributed by atoms with E-state index in [1.807, 2.05) is 12.1 Å². The molecule has 3 rings (SSSR count). The minimum absolute atomic E-state index is 0.0252. The highest BCUT2D eigenvalue weighted by Gasteiger charge is 2.27. The molecule has 168 valence electrons. The number of aliphatic imine (C=N–C) groups is 1. The molecule has 0 atom stereocenters. The number of hydrogen-bond donors (Lipinski definition) is 1. The molecule has 0 aliphatic carbocycles. The molecule has 3 aromatic heterocycles. The van der Waals surface area contributed by atoms with E-state index in [0.29, 0.717) is 23.3 Å². The highest BCUT2D eigenvalue weighted by molar-refractivity contribution is 5.95. The van der Waals surface area contributed by atoms with Gasteiger partial charge in [-0.05, 0) is 24.1 Å². The molecule has 0 fully saturated rings. The van der Waals surface area contributed by atoms with E-state index in [-0.39, 0.29) is 25.2 Å². The van der Waals surface area contributed by atoms with Crippen molar-refractivity contribution in [2.24, 2.45) is 4.99 Å². The van der Waals surface area contributed by atoms with Crippen LogP contribution < -0.4 is 5.32 Å². The molecule has 32 heavy (non-hydrogen) atoms. The largest absolute Gasteiger partial charge is 0.369 e. The summed E-state index contributed by atoms with van der Waals surface area (Å²) in [5.41, 5.74) is 1.90. The molecule has 0 spiro atoms. The Morgan fingerprint density at radius 2 is 1.97 bits per heavy atom. The van der Waals surface area contributed by atoms with Crippen LogP contribution in [0, 0.1) is 0 Å². The highest BCUT2D eigenvalue weighted by atomic mass is 19.3. The third-order valence-corrected chi connectivity index (χ3v) is 4.59. The summed E-state index contributed by atoms with van der Waals surface area (Å²) in [6, 6.07) is 3.63. The van der Waals surface area contributed by atoms with Crippen molar-refractivity contribution >= 4 is 29.7 Å². The van der Waals surface area contributed by atoms with Crippen molar-refractivity contribution in [2.45, 2.75) is 25.2 Å². The minimum atomic E-state index is -2.87. The van der Waals surface area contributed by atoms with Gasteiger partial charge in [0.05, 0.1) is 24.4 Å². The first-order valence-electron chi connectivity index (χ1n) is 9.87. The summed E-state index contributed by atoms with van der Waals surface area (Å²) in [5.74, 6) is -3.45. The molecular weight excluding hydrogens is 420 g/mol. The van der Waals surface area contributed by atoms with Crippen LogP contribution in [-0.4, -0.2) is 69.6 Å². The van der Waals surface area contributed by atoms with Crippen LogP contribution in [0.25, 0.3) is 16.7 Å². The maximum atomic E-state index is 13.9. The molecular formula is C21H23F2N7O2. The number of hydrogen-bond acceptors (Lipinski definition) is 5. The van der Waals surface area contributed by atoms with Gasteiger partial charge in [-0.2, -0.15) is 4.99 Å². The Hall–Kier alpha value is -3.76. The summed E-state index contributed by atoms with van der Waals surface area (Å²) >= 11 is 0. The number of aryl methyl sites for hydroxylation is 1. The highest BCUT2D eigenvalue weighted by Crippen LogP contribution is 2.26. The smallest absolute Gasteiger partial charge is 0.316 e. The van der Waals surface area contributed by atoms with E-state index in [4.69, 9.17) is 0 Å². The third-order valence-electron chi connectivity index (χ3n) is 4.59. The monoisotopic (exact) mass is 443 g/mol. The van der Waals surface area contributed by atoms with E-state index >= 15 is 0 Å². The minimum Gasteiger partial charge on any atom is -0.369 e. The molecule has 3 heterocycles. The van der Waals surface area contributed by atoms with E-state index in [0.717, 1.165) is 5.39 Å². The lowest BCUT2D eigenvalue weighted by atomic mass is 10.0. The lowest BCUT2D eigenvalue weighted by Gasteiger charge is -2.15. The van der Waals surface area contributed by atoms with Gasteiger partial charge in [0, 0.05) is 51.3 Å². The number of pyridine rings is 1. The SMILES string of the molecule is CN(C)C=NC(=O)c1ncc(-n2ccc3cc(CCC(F)(F)CCNC=O)cnc32)cn1. The first-order chi connectivity index (χ1) is 15.3. The van der Waals surface area contributed by atoms with Gasteiger partial charge >= 0.3 is 5.91 Å². The zero-order chi connectivity index (χ0) is 23.1. The zero-order valence-corrected chi connectivity index (χ0v) is 17.7. The van der Waals surface area contributed by atoms with Crippen molar-refractivity contribution in [2.75, 3.05) is 20.6 Å². The number of halogens is 2. The van der Waals surface area contributed by atoms with Crippen LogP contribution in [0.4, 0.5) is 8.78 Å². The average Bonchev–Trinajstić information content (AvgIpc) is 3.19. The van der Waals surface area contributed by atoms with E-state index in [1.165, 1.54) is 18.7 Å². The second kappa shape index (κ2) is 10.0. The number of nitrogens with one attached hydrogen (secondary N) is 1. The zero-order valence-electron chi connectivity index (χ0n) is 17.7. The lowest BCUT2D eigenvalue weighted by molar-refractivity contribution is -0.109. The summed E-state index contributed by atoms with van der Waals surface area (Å²) in [7, 11) is 3.49. The summed E-state index contributed by atoms with van der Waals surface area (Å²) < 4.78 is 29.6. The van der Waals surface area contributed by atoms with E-state index < -0.39 is 18.3 Å². The van der Waals surface area contributed by atoms with Crippen LogP contribution in [0.3, 0.4) is 0 Å². The molecule has 0 aliphatic heterocycles. The Balaban J connectivity index is 1.71. The van der Waals surface area contributed by atoms with Crippen LogP contribution in [0.5, 0.6) is 0 Å². The van der Waals surface area contributed by atoms with Gasteiger partial charge in [-0.15, -0.1) is 0 Å². The Kier molecular flexibility index (Phi) is 7.18. The molecule has 2 amide bonds. The molecule has 1 N–H and O–H groups in total. The Morgan fingerprint density at radius 3 is 2.66 bits per heavy atom. The maximum Gasteiger partial charge on any atom is 0.316 e. The van der Waals surface area contributed by atoms with Crippen molar-refractivity contribution < 1.29 is 18.4 Å². The molecule has 0 saturated carbocycles. The van der Waals surface area contributed by atoms with Crippen molar-refractivity contribution in [3.8, 4) is 5.69 Å². The predicted octanol–water partition coefficient (Wildman–Crippen LogP) is 2.25. The van der Waals surface area contributed by atoms with Gasteiger partial charge in [0.15, 0.2) is 0 Å². The first-order valence-corrected chi connectivity index (χ1v) is 9.87. The molecule has 3 aromatic rings. The standard InChI is InChI=1S/C21H23F2N7O2/c1-29(2)13-28-20(32)18-25-11-17(12-26-18)30-8-4-16-9-15(10-27-19(16)30)3-5-21(22,23)6-7-24-14-31/h4,8-14H,3,5-7H2,1-2H3,(H,24,31). The summed E-state index contributed by atoms with van der Waals surface area (Å²) in [5, 5.41) is 3.03. The molecule has 11 heteroatoms. The van der Waals surface area contributed by atoms with E-state index in [9.17, 15) is 18.4 Å². The summed E-state index contributed by atoms with van der Waals surface area (Å²) in [6.07, 6.45) is 7.53. The third kappa shape index (κ3) is 5.90. The predicted molar refractivity (Wildman–Crippen MR) is 115 cm³/mol. The Labute approximate surface area is 183 Å². The fraction of sp³-hybridized carbons (Fsp3) is 0.333. The van der Waals surface area contributed by atoms with Crippen molar-refractivity contribution in [1.82, 2.24) is 29.7 Å². The fourth-order valence-electron chi connectivity index (χ4n) is 2.96. The number of alkyl halides is 2. The van der Waals surface area contributed by atoms with Crippen LogP contribution in [0.1, 0.15) is 29.0 Å². The van der Waals surface area contributed by atoms with Gasteiger partial charge in [0.2, 0.25) is 18.2 Å². The Bertz CT molecular complexity index is 1110. The van der Waals surface area contributed by atoms with Crippen LogP contribution in [-0.2, 0) is 11.2 Å². The quantitative estimate of drug-likeness (QED) is 0.223. The van der Waals surface area contributed by atoms with Crippen molar-refractivity contribution in [1.29, 1.82) is 0 Å². The molecule has 9 nitrogen and oxygen atoms in total. The number of rotatable bonds is 10. The van der Waals surface area contributed by atoms with Gasteiger partial charge in [-0.1, -0.05) is 0 Å². The van der Waals surface area contributed by atoms with Gasteiger partial charge in [-0.3, -0.25) is 14.2 Å². The molecule has 0 radical (unpaired) electrons. The molecule has 0 aliphatic rings. The van der Waals surface area contributed by atoms with Crippen LogP contribution >= 0.6 is 0 Å². The number of carbonyl (C=O) groups excluding carboxylic acids is 2. The second-order valence-electron chi connectivity index (χ2n) is 7.40. The Morgan fingerprint density at radius 1 is 1.22 bits per heavy atom. The van der Waals surface area contributed by atoms with E-state index in [2.05, 4.69) is 25.3 Å². The molecule has 0 aromatic carbocycles. The van der Waals surface area contributed by atoms with Crippen LogP contribution in [0.2, 0.25) is 0 Å². The normalized spacial score (nSPS) is 11.8. The van der Waals surface area contributed by atoms with Gasteiger partial charge in [-0.25, -0.2) is 23.7 Å². The number of nitrogens with zero attached hydrogens (tertiary/aromatic N) is 6. The van der Waals surface area contributed by atoms with Crippen LogP contribution in [0.15, 0.2) is 41.9 Å². The summed E-state index contributed by atoms with van der Waals surface area (Å²) in [6.45, 7) is -0.0644. The van der Waals surface area contributed by atoms with Gasteiger partial charge < -0.3 is 10.2 Å². The fourth-order valence-corrected chi connectivity index (χ4v) is 2.96. The second-order valence-corrected chi connectivity index (χ2v) is 7.40. The molecule has 0 saturated heterocycles. The topological polar surface area (TPSA) is 105 Å². The average molecular weight is 443 g/mol. The number of aromatic nitrogens is 4. The van der Waals surface area contributed by atoms with Gasteiger partial charge in [0.25, 0.3) is 0 Å². The molecule has 0 bridgehead atoms. The van der Waals surface area contributed by atoms with Crippen molar-refractivity contribution in [3.63, 3.8) is 0 Å². The van der Waals surface area contributed by atoms with Crippen molar-refractivity contribution in [3.05, 3.63) is 48.3 Å². The summed E-state index contributed by atoms with van der Waals surface area (Å²) in [4.78, 5) is 40.1. The number of amides is 2. The van der Waals surface area contributed by atoms with E-state index in [1.54, 1.807) is 36.0 Å². The maximum absolute atomic E-state index is 13.9. The number of fused-ring (bicyclic) bond motifs is 1. The lowest BCUT2D eigenvalue weighted by Crippen LogP contribution is -2.24. The molecule has 0 unspecified atom stereocenters. The number of carbonyl (C=O) groups is 2. The van der Waals surface area contributed by atoms with Gasteiger partial charge in [0.1, 0.15) is 5.65 Å².